The van der Waals surface area contributed by atoms with Crippen LogP contribution in [0.4, 0.5) is 4.39 Å². The molecule has 1 aromatic heterocycles. The summed E-state index contributed by atoms with van der Waals surface area (Å²) in [4.78, 5) is 24.3. The quantitative estimate of drug-likeness (QED) is 0.832. The minimum atomic E-state index is -1.02. The second kappa shape index (κ2) is 6.23. The number of rotatable bonds is 5. The van der Waals surface area contributed by atoms with E-state index in [1.807, 2.05) is 0 Å². The molecule has 0 bridgehead atoms. The molecule has 1 fully saturated rings. The SMILES string of the molecule is NC(=O)CN1C[C@@H](F)C[C@H]1CNC(=O)c1ccc(Cl)o1. The van der Waals surface area contributed by atoms with E-state index in [1.165, 1.54) is 12.1 Å². The summed E-state index contributed by atoms with van der Waals surface area (Å²) in [5.74, 6) is -0.863. The van der Waals surface area contributed by atoms with Gasteiger partial charge in [0.15, 0.2) is 11.0 Å². The smallest absolute Gasteiger partial charge is 0.287 e. The Hall–Kier alpha value is -1.60. The number of nitrogens with one attached hydrogen (secondary N) is 1. The van der Waals surface area contributed by atoms with E-state index in [0.717, 1.165) is 0 Å². The van der Waals surface area contributed by atoms with E-state index < -0.39 is 18.0 Å². The van der Waals surface area contributed by atoms with Crippen LogP contribution in [0, 0.1) is 0 Å². The zero-order valence-corrected chi connectivity index (χ0v) is 11.4. The Morgan fingerprint density at radius 2 is 2.30 bits per heavy atom. The average Bonchev–Trinajstić information content (AvgIpc) is 2.92. The summed E-state index contributed by atoms with van der Waals surface area (Å²) >= 11 is 5.58. The molecule has 20 heavy (non-hydrogen) atoms. The summed E-state index contributed by atoms with van der Waals surface area (Å²) in [6.07, 6.45) is -0.763. The largest absolute Gasteiger partial charge is 0.440 e. The van der Waals surface area contributed by atoms with Crippen molar-refractivity contribution in [2.75, 3.05) is 19.6 Å². The summed E-state index contributed by atoms with van der Waals surface area (Å²) in [7, 11) is 0. The van der Waals surface area contributed by atoms with Crippen LogP contribution in [0.2, 0.25) is 5.22 Å². The van der Waals surface area contributed by atoms with E-state index >= 15 is 0 Å². The van der Waals surface area contributed by atoms with Crippen molar-refractivity contribution >= 4 is 23.4 Å². The number of furan rings is 1. The number of carbonyl (C=O) groups is 2. The number of hydrogen-bond acceptors (Lipinski definition) is 4. The van der Waals surface area contributed by atoms with Gasteiger partial charge in [0, 0.05) is 19.1 Å². The number of alkyl halides is 1. The zero-order valence-electron chi connectivity index (χ0n) is 10.6. The lowest BCUT2D eigenvalue weighted by atomic mass is 10.2. The maximum absolute atomic E-state index is 13.4. The molecule has 2 amide bonds. The van der Waals surface area contributed by atoms with E-state index in [2.05, 4.69) is 5.32 Å². The van der Waals surface area contributed by atoms with Gasteiger partial charge in [0.05, 0.1) is 6.54 Å². The predicted octanol–water partition coefficient (Wildman–Crippen LogP) is 0.561. The van der Waals surface area contributed by atoms with Crippen LogP contribution in [0.15, 0.2) is 16.5 Å². The molecule has 0 radical (unpaired) electrons. The molecule has 110 valence electrons. The zero-order chi connectivity index (χ0) is 14.7. The van der Waals surface area contributed by atoms with Gasteiger partial charge in [-0.25, -0.2) is 4.39 Å². The molecule has 2 atom stereocenters. The Bertz CT molecular complexity index is 508. The fourth-order valence-corrected chi connectivity index (χ4v) is 2.41. The molecule has 3 N–H and O–H groups in total. The normalized spacial score (nSPS) is 22.9. The van der Waals surface area contributed by atoms with Gasteiger partial charge in [-0.15, -0.1) is 0 Å². The fourth-order valence-electron chi connectivity index (χ4n) is 2.26. The van der Waals surface area contributed by atoms with Gasteiger partial charge in [-0.05, 0) is 30.2 Å². The van der Waals surface area contributed by atoms with Crippen molar-refractivity contribution in [1.82, 2.24) is 10.2 Å². The standard InChI is InChI=1S/C12H15ClFN3O3/c13-10-2-1-9(20-10)12(19)16-4-8-3-7(14)5-17(8)6-11(15)18/h1-2,7-8H,3-6H2,(H2,15,18)(H,16,19)/t7-,8-/m0/s1. The monoisotopic (exact) mass is 303 g/mol. The highest BCUT2D eigenvalue weighted by Gasteiger charge is 2.33. The van der Waals surface area contributed by atoms with Crippen molar-refractivity contribution < 1.29 is 18.4 Å². The first-order valence-corrected chi connectivity index (χ1v) is 6.53. The van der Waals surface area contributed by atoms with Crippen LogP contribution in [0.1, 0.15) is 17.0 Å². The van der Waals surface area contributed by atoms with Crippen molar-refractivity contribution in [3.8, 4) is 0 Å². The molecule has 2 heterocycles. The summed E-state index contributed by atoms with van der Waals surface area (Å²) in [5, 5.41) is 2.75. The minimum Gasteiger partial charge on any atom is -0.440 e. The first-order valence-electron chi connectivity index (χ1n) is 6.15. The summed E-state index contributed by atoms with van der Waals surface area (Å²) in [5.41, 5.74) is 5.11. The van der Waals surface area contributed by atoms with Crippen LogP contribution in [-0.4, -0.2) is 48.6 Å². The Balaban J connectivity index is 1.88. The third-order valence-corrected chi connectivity index (χ3v) is 3.33. The third kappa shape index (κ3) is 3.71. The summed E-state index contributed by atoms with van der Waals surface area (Å²) in [6.45, 7) is 0.342. The van der Waals surface area contributed by atoms with Crippen LogP contribution in [0.3, 0.4) is 0 Å². The van der Waals surface area contributed by atoms with E-state index in [9.17, 15) is 14.0 Å². The Labute approximate surface area is 120 Å². The molecule has 8 heteroatoms. The summed E-state index contributed by atoms with van der Waals surface area (Å²) in [6, 6.07) is 2.65. The van der Waals surface area contributed by atoms with E-state index in [-0.39, 0.29) is 43.1 Å². The van der Waals surface area contributed by atoms with Gasteiger partial charge < -0.3 is 15.5 Å². The van der Waals surface area contributed by atoms with Crippen molar-refractivity contribution in [2.45, 2.75) is 18.6 Å². The number of nitrogens with two attached hydrogens (primary N) is 1. The van der Waals surface area contributed by atoms with Crippen molar-refractivity contribution in [2.24, 2.45) is 5.73 Å². The van der Waals surface area contributed by atoms with Gasteiger partial charge in [0.25, 0.3) is 5.91 Å². The van der Waals surface area contributed by atoms with Crippen LogP contribution in [-0.2, 0) is 4.79 Å². The Kier molecular flexibility index (Phi) is 4.61. The van der Waals surface area contributed by atoms with Crippen LogP contribution in [0.25, 0.3) is 0 Å². The molecular weight excluding hydrogens is 289 g/mol. The Morgan fingerprint density at radius 1 is 1.55 bits per heavy atom. The first kappa shape index (κ1) is 14.8. The highest BCUT2D eigenvalue weighted by molar-refractivity contribution is 6.29. The van der Waals surface area contributed by atoms with Crippen molar-refractivity contribution in [3.63, 3.8) is 0 Å². The number of primary amides is 1. The lowest BCUT2D eigenvalue weighted by molar-refractivity contribution is -0.119. The molecule has 0 spiro atoms. The number of nitrogens with zero attached hydrogens (tertiary/aromatic N) is 1. The highest BCUT2D eigenvalue weighted by Crippen LogP contribution is 2.19. The Morgan fingerprint density at radius 3 is 2.90 bits per heavy atom. The van der Waals surface area contributed by atoms with Crippen LogP contribution in [0.5, 0.6) is 0 Å². The fraction of sp³-hybridized carbons (Fsp3) is 0.500. The van der Waals surface area contributed by atoms with Gasteiger partial charge in [-0.2, -0.15) is 0 Å². The van der Waals surface area contributed by atoms with Gasteiger partial charge in [-0.3, -0.25) is 14.5 Å². The predicted molar refractivity (Wildman–Crippen MR) is 70.1 cm³/mol. The van der Waals surface area contributed by atoms with E-state index in [1.54, 1.807) is 4.90 Å². The number of amides is 2. The topological polar surface area (TPSA) is 88.6 Å². The average molecular weight is 304 g/mol. The molecule has 6 nitrogen and oxygen atoms in total. The second-order valence-electron chi connectivity index (χ2n) is 4.70. The van der Waals surface area contributed by atoms with E-state index in [0.29, 0.717) is 0 Å². The molecule has 0 aliphatic carbocycles. The molecule has 0 unspecified atom stereocenters. The van der Waals surface area contributed by atoms with Crippen molar-refractivity contribution in [1.29, 1.82) is 0 Å². The summed E-state index contributed by atoms with van der Waals surface area (Å²) < 4.78 is 18.3. The van der Waals surface area contributed by atoms with Gasteiger partial charge >= 0.3 is 0 Å². The minimum absolute atomic E-state index is 0.0203. The molecular formula is C12H15ClFN3O3. The maximum Gasteiger partial charge on any atom is 0.287 e. The third-order valence-electron chi connectivity index (χ3n) is 3.13. The van der Waals surface area contributed by atoms with Crippen LogP contribution >= 0.6 is 11.6 Å². The van der Waals surface area contributed by atoms with Crippen LogP contribution < -0.4 is 11.1 Å². The van der Waals surface area contributed by atoms with Gasteiger partial charge in [0.2, 0.25) is 5.91 Å². The van der Waals surface area contributed by atoms with E-state index in [4.69, 9.17) is 21.8 Å². The van der Waals surface area contributed by atoms with Crippen molar-refractivity contribution in [3.05, 3.63) is 23.1 Å². The van der Waals surface area contributed by atoms with Gasteiger partial charge in [-0.1, -0.05) is 0 Å². The molecule has 1 aliphatic rings. The molecule has 0 saturated carbocycles. The molecule has 1 aromatic rings. The number of hydrogen-bond donors (Lipinski definition) is 2. The molecule has 1 saturated heterocycles. The maximum atomic E-state index is 13.4. The molecule has 1 aliphatic heterocycles. The first-order chi connectivity index (χ1) is 9.45. The number of carbonyl (C=O) groups excluding carboxylic acids is 2. The van der Waals surface area contributed by atoms with Gasteiger partial charge in [0.1, 0.15) is 6.17 Å². The molecule has 2 rings (SSSR count). The second-order valence-corrected chi connectivity index (χ2v) is 5.07. The number of likely N-dealkylation sites (tertiary alicyclic amines) is 1. The number of halogens is 2. The highest BCUT2D eigenvalue weighted by atomic mass is 35.5. The lowest BCUT2D eigenvalue weighted by Crippen LogP contribution is -2.43. The lowest BCUT2D eigenvalue weighted by Gasteiger charge is -2.22. The molecule has 0 aromatic carbocycles.